The van der Waals surface area contributed by atoms with Crippen LogP contribution in [0, 0.1) is 17.8 Å². The maximum atomic E-state index is 12.9. The normalized spacial score (nSPS) is 12.8. The molecule has 75 heavy (non-hydrogen) atoms. The van der Waals surface area contributed by atoms with Gasteiger partial charge in [-0.25, -0.2) is 0 Å². The Hall–Kier alpha value is -1.59. The van der Waals surface area contributed by atoms with Crippen LogP contribution in [0.15, 0.2) is 0 Å². The van der Waals surface area contributed by atoms with Gasteiger partial charge < -0.3 is 14.2 Å². The van der Waals surface area contributed by atoms with Crippen LogP contribution >= 0.6 is 0 Å². The highest BCUT2D eigenvalue weighted by Crippen LogP contribution is 2.20. The predicted molar refractivity (Wildman–Crippen MR) is 326 cm³/mol. The van der Waals surface area contributed by atoms with Crippen molar-refractivity contribution in [2.75, 3.05) is 13.2 Å². The summed E-state index contributed by atoms with van der Waals surface area (Å²) in [6.07, 6.45) is 66.7. The molecule has 0 amide bonds. The fourth-order valence-electron chi connectivity index (χ4n) is 10.7. The van der Waals surface area contributed by atoms with Crippen molar-refractivity contribution >= 4 is 17.9 Å². The van der Waals surface area contributed by atoms with E-state index in [9.17, 15) is 14.4 Å². The quantitative estimate of drug-likeness (QED) is 0.0343. The van der Waals surface area contributed by atoms with E-state index < -0.39 is 6.10 Å². The largest absolute Gasteiger partial charge is 0.462 e. The third kappa shape index (κ3) is 59.9. The van der Waals surface area contributed by atoms with Gasteiger partial charge in [-0.3, -0.25) is 14.4 Å². The maximum Gasteiger partial charge on any atom is 0.306 e. The van der Waals surface area contributed by atoms with Gasteiger partial charge in [0.25, 0.3) is 0 Å². The zero-order chi connectivity index (χ0) is 54.8. The number of esters is 3. The molecule has 0 aliphatic rings. The van der Waals surface area contributed by atoms with Crippen LogP contribution < -0.4 is 0 Å². The lowest BCUT2D eigenvalue weighted by molar-refractivity contribution is -0.167. The van der Waals surface area contributed by atoms with Gasteiger partial charge in [0, 0.05) is 19.3 Å². The molecule has 0 rings (SSSR count). The highest BCUT2D eigenvalue weighted by Gasteiger charge is 2.20. The Morgan fingerprint density at radius 2 is 0.467 bits per heavy atom. The standard InChI is InChI=1S/C69H134O6/c1-7-64(5)56-50-44-38-32-26-22-18-14-10-12-15-19-23-27-34-40-46-52-58-67(70)73-61-66(62-74-68(71)59-53-47-41-35-30-29-33-39-45-51-57-65(6)8-2)75-69(72)60-54-48-42-36-28-24-20-16-11-9-13-17-21-25-31-37-43-49-55-63(3)4/h63-66H,7-62H2,1-6H3/t64?,65?,66-/m1/s1. The van der Waals surface area contributed by atoms with Crippen molar-refractivity contribution in [2.45, 2.75) is 394 Å². The lowest BCUT2D eigenvalue weighted by atomic mass is 9.99. The summed E-state index contributed by atoms with van der Waals surface area (Å²) in [7, 11) is 0. The zero-order valence-electron chi connectivity index (χ0n) is 51.9. The van der Waals surface area contributed by atoms with Gasteiger partial charge in [-0.05, 0) is 37.0 Å². The fourth-order valence-corrected chi connectivity index (χ4v) is 10.7. The first-order chi connectivity index (χ1) is 36.7. The molecule has 446 valence electrons. The molecule has 3 atom stereocenters. The van der Waals surface area contributed by atoms with E-state index in [0.717, 1.165) is 75.5 Å². The van der Waals surface area contributed by atoms with Gasteiger partial charge in [0.05, 0.1) is 0 Å². The fraction of sp³-hybridized carbons (Fsp3) is 0.957. The molecular formula is C69H134O6. The Labute approximate surface area is 469 Å². The van der Waals surface area contributed by atoms with Crippen LogP contribution in [0.25, 0.3) is 0 Å². The van der Waals surface area contributed by atoms with Crippen LogP contribution in [-0.2, 0) is 28.6 Å². The van der Waals surface area contributed by atoms with Crippen molar-refractivity contribution in [1.82, 2.24) is 0 Å². The first-order valence-corrected chi connectivity index (χ1v) is 34.2. The van der Waals surface area contributed by atoms with Crippen LogP contribution in [-0.4, -0.2) is 37.2 Å². The molecule has 0 aliphatic carbocycles. The summed E-state index contributed by atoms with van der Waals surface area (Å²) in [6.45, 7) is 13.9. The van der Waals surface area contributed by atoms with Gasteiger partial charge in [0.2, 0.25) is 0 Å². The van der Waals surface area contributed by atoms with E-state index in [0.29, 0.717) is 19.3 Å². The van der Waals surface area contributed by atoms with E-state index in [-0.39, 0.29) is 31.1 Å². The molecule has 0 heterocycles. The summed E-state index contributed by atoms with van der Waals surface area (Å²) >= 11 is 0. The minimum absolute atomic E-state index is 0.0623. The topological polar surface area (TPSA) is 78.9 Å². The number of carbonyl (C=O) groups is 3. The molecule has 0 saturated carbocycles. The monoisotopic (exact) mass is 1060 g/mol. The Bertz CT molecular complexity index is 1170. The van der Waals surface area contributed by atoms with E-state index in [1.54, 1.807) is 0 Å². The van der Waals surface area contributed by atoms with E-state index in [4.69, 9.17) is 14.2 Å². The smallest absolute Gasteiger partial charge is 0.306 e. The molecule has 0 bridgehead atoms. The lowest BCUT2D eigenvalue weighted by Crippen LogP contribution is -2.30. The lowest BCUT2D eigenvalue weighted by Gasteiger charge is -2.18. The molecular weight excluding hydrogens is 925 g/mol. The zero-order valence-corrected chi connectivity index (χ0v) is 51.9. The van der Waals surface area contributed by atoms with Gasteiger partial charge in [-0.2, -0.15) is 0 Å². The van der Waals surface area contributed by atoms with Crippen LogP contribution in [0.2, 0.25) is 0 Å². The Kier molecular flexibility index (Phi) is 58.8. The van der Waals surface area contributed by atoms with E-state index >= 15 is 0 Å². The molecule has 2 unspecified atom stereocenters. The van der Waals surface area contributed by atoms with Crippen molar-refractivity contribution in [2.24, 2.45) is 17.8 Å². The molecule has 0 aromatic rings. The summed E-state index contributed by atoms with van der Waals surface area (Å²) in [5.41, 5.74) is 0. The SMILES string of the molecule is CCC(C)CCCCCCCCCCCCCCCCCCCCC(=O)OC[C@H](COC(=O)CCCCCCCCCCCCC(C)CC)OC(=O)CCCCCCCCCCCCCCCCCCCCC(C)C. The second kappa shape index (κ2) is 60.1. The Morgan fingerprint density at radius 1 is 0.267 bits per heavy atom. The van der Waals surface area contributed by atoms with Gasteiger partial charge in [0.1, 0.15) is 13.2 Å². The van der Waals surface area contributed by atoms with Gasteiger partial charge in [0.15, 0.2) is 6.10 Å². The van der Waals surface area contributed by atoms with Crippen LogP contribution in [0.4, 0.5) is 0 Å². The number of hydrogen-bond donors (Lipinski definition) is 0. The van der Waals surface area contributed by atoms with Crippen molar-refractivity contribution < 1.29 is 28.6 Å². The van der Waals surface area contributed by atoms with Crippen LogP contribution in [0.1, 0.15) is 388 Å². The number of rotatable bonds is 62. The maximum absolute atomic E-state index is 12.9. The van der Waals surface area contributed by atoms with Crippen molar-refractivity contribution in [3.05, 3.63) is 0 Å². The van der Waals surface area contributed by atoms with Crippen LogP contribution in [0.3, 0.4) is 0 Å². The van der Waals surface area contributed by atoms with Crippen molar-refractivity contribution in [1.29, 1.82) is 0 Å². The number of carbonyl (C=O) groups excluding carboxylic acids is 3. The molecule has 0 aromatic heterocycles. The summed E-state index contributed by atoms with van der Waals surface area (Å²) in [5, 5.41) is 0. The molecule has 0 saturated heterocycles. The third-order valence-electron chi connectivity index (χ3n) is 16.6. The van der Waals surface area contributed by atoms with E-state index in [2.05, 4.69) is 41.5 Å². The average Bonchev–Trinajstić information content (AvgIpc) is 3.40. The van der Waals surface area contributed by atoms with Gasteiger partial charge >= 0.3 is 17.9 Å². The molecule has 0 N–H and O–H groups in total. The minimum Gasteiger partial charge on any atom is -0.462 e. The first kappa shape index (κ1) is 73.4. The highest BCUT2D eigenvalue weighted by molar-refractivity contribution is 5.71. The summed E-state index contributed by atoms with van der Waals surface area (Å²) in [4.78, 5) is 38.4. The molecule has 0 radical (unpaired) electrons. The van der Waals surface area contributed by atoms with Gasteiger partial charge in [-0.15, -0.1) is 0 Å². The highest BCUT2D eigenvalue weighted by atomic mass is 16.6. The average molecular weight is 1060 g/mol. The van der Waals surface area contributed by atoms with Crippen molar-refractivity contribution in [3.63, 3.8) is 0 Å². The molecule has 6 heteroatoms. The molecule has 0 aromatic carbocycles. The predicted octanol–water partition coefficient (Wildman–Crippen LogP) is 23.0. The number of hydrogen-bond acceptors (Lipinski definition) is 6. The van der Waals surface area contributed by atoms with Crippen LogP contribution in [0.5, 0.6) is 0 Å². The number of unbranched alkanes of at least 4 members (excludes halogenated alkanes) is 43. The van der Waals surface area contributed by atoms with E-state index in [1.165, 1.54) is 270 Å². The summed E-state index contributed by atoms with van der Waals surface area (Å²) < 4.78 is 17.0. The Balaban J connectivity index is 4.25. The number of ether oxygens (including phenoxy) is 3. The molecule has 6 nitrogen and oxygen atoms in total. The van der Waals surface area contributed by atoms with E-state index in [1.807, 2.05) is 0 Å². The van der Waals surface area contributed by atoms with Crippen molar-refractivity contribution in [3.8, 4) is 0 Å². The summed E-state index contributed by atoms with van der Waals surface area (Å²) in [6, 6.07) is 0. The second-order valence-corrected chi connectivity index (χ2v) is 24.8. The van der Waals surface area contributed by atoms with Gasteiger partial charge in [-0.1, -0.05) is 350 Å². The molecule has 0 aliphatic heterocycles. The second-order valence-electron chi connectivity index (χ2n) is 24.8. The third-order valence-corrected chi connectivity index (χ3v) is 16.6. The minimum atomic E-state index is -0.765. The first-order valence-electron chi connectivity index (χ1n) is 34.2. The Morgan fingerprint density at radius 3 is 0.693 bits per heavy atom. The summed E-state index contributed by atoms with van der Waals surface area (Å²) in [5.74, 6) is 1.81. The molecule has 0 spiro atoms. The molecule has 0 fully saturated rings.